The SMILES string of the molecule is CCn1ncc(NCCS(C)=O)c(Cl)c1=O. The van der Waals surface area contributed by atoms with E-state index in [1.807, 2.05) is 6.92 Å². The van der Waals surface area contributed by atoms with Crippen molar-refractivity contribution >= 4 is 28.1 Å². The van der Waals surface area contributed by atoms with Crippen LogP contribution in [0.1, 0.15) is 6.92 Å². The molecule has 0 bridgehead atoms. The van der Waals surface area contributed by atoms with Crippen LogP contribution in [0.25, 0.3) is 0 Å². The van der Waals surface area contributed by atoms with E-state index >= 15 is 0 Å². The molecule has 7 heteroatoms. The fourth-order valence-electron chi connectivity index (χ4n) is 1.14. The zero-order valence-electron chi connectivity index (χ0n) is 9.20. The number of hydrogen-bond acceptors (Lipinski definition) is 4. The number of rotatable bonds is 5. The molecular weight excluding hydrogens is 250 g/mol. The molecule has 0 saturated heterocycles. The highest BCUT2D eigenvalue weighted by Gasteiger charge is 2.07. The van der Waals surface area contributed by atoms with E-state index in [2.05, 4.69) is 10.4 Å². The van der Waals surface area contributed by atoms with Crippen molar-refractivity contribution < 1.29 is 4.21 Å². The quantitative estimate of drug-likeness (QED) is 0.850. The summed E-state index contributed by atoms with van der Waals surface area (Å²) in [4.78, 5) is 11.6. The molecule has 0 aliphatic rings. The number of aryl methyl sites for hydroxylation is 1. The van der Waals surface area contributed by atoms with Crippen LogP contribution in [0.15, 0.2) is 11.0 Å². The third-order valence-electron chi connectivity index (χ3n) is 1.99. The van der Waals surface area contributed by atoms with Crippen LogP contribution in [0.3, 0.4) is 0 Å². The lowest BCUT2D eigenvalue weighted by molar-refractivity contribution is 0.616. The van der Waals surface area contributed by atoms with E-state index in [4.69, 9.17) is 11.6 Å². The van der Waals surface area contributed by atoms with Gasteiger partial charge in [-0.25, -0.2) is 4.68 Å². The number of aromatic nitrogens is 2. The summed E-state index contributed by atoms with van der Waals surface area (Å²) < 4.78 is 12.1. The van der Waals surface area contributed by atoms with Gasteiger partial charge in [-0.15, -0.1) is 0 Å². The van der Waals surface area contributed by atoms with Gasteiger partial charge in [-0.1, -0.05) is 11.6 Å². The summed E-state index contributed by atoms with van der Waals surface area (Å²) in [6.45, 7) is 2.80. The fraction of sp³-hybridized carbons (Fsp3) is 0.556. The van der Waals surface area contributed by atoms with Gasteiger partial charge in [0.15, 0.2) is 0 Å². The van der Waals surface area contributed by atoms with Crippen molar-refractivity contribution in [1.82, 2.24) is 9.78 Å². The molecule has 0 saturated carbocycles. The minimum Gasteiger partial charge on any atom is -0.381 e. The smallest absolute Gasteiger partial charge is 0.287 e. The molecule has 1 aromatic heterocycles. The fourth-order valence-corrected chi connectivity index (χ4v) is 1.75. The maximum Gasteiger partial charge on any atom is 0.287 e. The van der Waals surface area contributed by atoms with Gasteiger partial charge in [0.2, 0.25) is 0 Å². The van der Waals surface area contributed by atoms with Gasteiger partial charge in [0, 0.05) is 35.9 Å². The van der Waals surface area contributed by atoms with E-state index in [0.717, 1.165) is 0 Å². The second-order valence-electron chi connectivity index (χ2n) is 3.20. The molecule has 1 aromatic rings. The molecule has 0 aromatic carbocycles. The zero-order valence-corrected chi connectivity index (χ0v) is 10.8. The second-order valence-corrected chi connectivity index (χ2v) is 5.13. The molecule has 0 aliphatic carbocycles. The van der Waals surface area contributed by atoms with Gasteiger partial charge in [0.1, 0.15) is 5.02 Å². The Labute approximate surface area is 101 Å². The lowest BCUT2D eigenvalue weighted by Gasteiger charge is -2.08. The Balaban J connectivity index is 2.79. The van der Waals surface area contributed by atoms with E-state index in [0.29, 0.717) is 24.5 Å². The van der Waals surface area contributed by atoms with Crippen molar-refractivity contribution in [2.45, 2.75) is 13.5 Å². The number of hydrogen-bond donors (Lipinski definition) is 1. The van der Waals surface area contributed by atoms with Crippen molar-refractivity contribution in [3.63, 3.8) is 0 Å². The van der Waals surface area contributed by atoms with Crippen LogP contribution in [0.5, 0.6) is 0 Å². The summed E-state index contributed by atoms with van der Waals surface area (Å²) in [5, 5.41) is 7.00. The Hall–Kier alpha value is -0.880. The molecule has 90 valence electrons. The first-order valence-electron chi connectivity index (χ1n) is 4.85. The summed E-state index contributed by atoms with van der Waals surface area (Å²) in [6.07, 6.45) is 3.13. The molecule has 1 unspecified atom stereocenters. The molecular formula is C9H14ClN3O2S. The van der Waals surface area contributed by atoms with E-state index in [1.54, 1.807) is 6.26 Å². The van der Waals surface area contributed by atoms with Crippen LogP contribution in [0.4, 0.5) is 5.69 Å². The highest BCUT2D eigenvalue weighted by Crippen LogP contribution is 2.14. The van der Waals surface area contributed by atoms with E-state index in [1.165, 1.54) is 10.9 Å². The molecule has 1 N–H and O–H groups in total. The topological polar surface area (TPSA) is 64.0 Å². The van der Waals surface area contributed by atoms with Gasteiger partial charge in [0.25, 0.3) is 5.56 Å². The average molecular weight is 264 g/mol. The van der Waals surface area contributed by atoms with Gasteiger partial charge in [-0.3, -0.25) is 9.00 Å². The van der Waals surface area contributed by atoms with Crippen LogP contribution >= 0.6 is 11.6 Å². The first-order chi connectivity index (χ1) is 7.56. The van der Waals surface area contributed by atoms with Crippen LogP contribution in [-0.4, -0.2) is 32.5 Å². The monoisotopic (exact) mass is 263 g/mol. The molecule has 0 aliphatic heterocycles. The van der Waals surface area contributed by atoms with Crippen molar-refractivity contribution in [3.8, 4) is 0 Å². The van der Waals surface area contributed by atoms with Gasteiger partial charge in [-0.2, -0.15) is 5.10 Å². The summed E-state index contributed by atoms with van der Waals surface area (Å²) >= 11 is 5.88. The predicted octanol–water partition coefficient (Wildman–Crippen LogP) is 0.707. The van der Waals surface area contributed by atoms with Crippen LogP contribution in [0, 0.1) is 0 Å². The maximum absolute atomic E-state index is 11.6. The average Bonchev–Trinajstić information content (AvgIpc) is 2.24. The van der Waals surface area contributed by atoms with Crippen molar-refractivity contribution in [3.05, 3.63) is 21.6 Å². The van der Waals surface area contributed by atoms with Gasteiger partial charge < -0.3 is 5.32 Å². The standard InChI is InChI=1S/C9H14ClN3O2S/c1-3-13-9(14)8(10)7(6-12-13)11-4-5-16(2)15/h6,11H,3-5H2,1-2H3. The molecule has 1 rings (SSSR count). The van der Waals surface area contributed by atoms with Crippen LogP contribution < -0.4 is 10.9 Å². The third kappa shape index (κ3) is 3.31. The van der Waals surface area contributed by atoms with Crippen LogP contribution in [0.2, 0.25) is 5.02 Å². The van der Waals surface area contributed by atoms with E-state index < -0.39 is 10.8 Å². The van der Waals surface area contributed by atoms with Crippen molar-refractivity contribution in [1.29, 1.82) is 0 Å². The first kappa shape index (κ1) is 13.2. The highest BCUT2D eigenvalue weighted by molar-refractivity contribution is 7.84. The first-order valence-corrected chi connectivity index (χ1v) is 6.96. The molecule has 0 spiro atoms. The van der Waals surface area contributed by atoms with E-state index in [-0.39, 0.29) is 10.6 Å². The minimum atomic E-state index is -0.867. The van der Waals surface area contributed by atoms with Gasteiger partial charge in [-0.05, 0) is 6.92 Å². The summed E-state index contributed by atoms with van der Waals surface area (Å²) in [5.74, 6) is 0.507. The second kappa shape index (κ2) is 6.00. The van der Waals surface area contributed by atoms with Gasteiger partial charge >= 0.3 is 0 Å². The van der Waals surface area contributed by atoms with Crippen molar-refractivity contribution in [2.24, 2.45) is 0 Å². The molecule has 5 nitrogen and oxygen atoms in total. The lowest BCUT2D eigenvalue weighted by atomic mass is 10.4. The Kier molecular flexibility index (Phi) is 4.95. The highest BCUT2D eigenvalue weighted by atomic mass is 35.5. The Morgan fingerprint density at radius 1 is 1.62 bits per heavy atom. The van der Waals surface area contributed by atoms with E-state index in [9.17, 15) is 9.00 Å². The summed E-state index contributed by atoms with van der Waals surface area (Å²) in [6, 6.07) is 0. The number of nitrogens with zero attached hydrogens (tertiary/aromatic N) is 2. The maximum atomic E-state index is 11.6. The molecule has 0 radical (unpaired) electrons. The minimum absolute atomic E-state index is 0.124. The predicted molar refractivity (Wildman–Crippen MR) is 66.6 cm³/mol. The Morgan fingerprint density at radius 3 is 2.88 bits per heavy atom. The number of halogens is 1. The molecule has 1 atom stereocenters. The van der Waals surface area contributed by atoms with Gasteiger partial charge in [0.05, 0.1) is 11.9 Å². The largest absolute Gasteiger partial charge is 0.381 e. The lowest BCUT2D eigenvalue weighted by Crippen LogP contribution is -2.24. The third-order valence-corrected chi connectivity index (χ3v) is 3.13. The molecule has 0 amide bonds. The van der Waals surface area contributed by atoms with Crippen molar-refractivity contribution in [2.75, 3.05) is 23.9 Å². The summed E-state index contributed by atoms with van der Waals surface area (Å²) in [7, 11) is -0.867. The molecule has 1 heterocycles. The zero-order chi connectivity index (χ0) is 12.1. The number of anilines is 1. The van der Waals surface area contributed by atoms with Crippen LogP contribution in [-0.2, 0) is 17.3 Å². The molecule has 16 heavy (non-hydrogen) atoms. The Morgan fingerprint density at radius 2 is 2.31 bits per heavy atom. The number of nitrogens with one attached hydrogen (secondary N) is 1. The molecule has 0 fully saturated rings. The normalized spacial score (nSPS) is 12.4. The summed E-state index contributed by atoms with van der Waals surface area (Å²) in [5.41, 5.74) is 0.175. The Bertz CT molecular complexity index is 447.